The largest absolute Gasteiger partial charge is 0.465 e. The summed E-state index contributed by atoms with van der Waals surface area (Å²) in [6.45, 7) is 6.01. The van der Waals surface area contributed by atoms with Crippen LogP contribution < -0.4 is 0 Å². The molecule has 20 heavy (non-hydrogen) atoms. The molecule has 0 fully saturated rings. The van der Waals surface area contributed by atoms with Gasteiger partial charge in [-0.15, -0.1) is 10.2 Å². The van der Waals surface area contributed by atoms with Crippen LogP contribution in [0.5, 0.6) is 0 Å². The van der Waals surface area contributed by atoms with Gasteiger partial charge in [0.2, 0.25) is 0 Å². The molecule has 0 aliphatic carbocycles. The molecule has 106 valence electrons. The molecule has 5 nitrogen and oxygen atoms in total. The van der Waals surface area contributed by atoms with Gasteiger partial charge in [0.15, 0.2) is 5.82 Å². The second-order valence-corrected chi connectivity index (χ2v) is 4.76. The quantitative estimate of drug-likeness (QED) is 0.801. The van der Waals surface area contributed by atoms with Crippen molar-refractivity contribution in [2.75, 3.05) is 6.61 Å². The van der Waals surface area contributed by atoms with E-state index in [-0.39, 0.29) is 5.97 Å². The summed E-state index contributed by atoms with van der Waals surface area (Å²) in [6.07, 6.45) is 0. The Morgan fingerprint density at radius 3 is 2.40 bits per heavy atom. The number of ether oxygens (including phenoxy) is 1. The van der Waals surface area contributed by atoms with E-state index in [1.54, 1.807) is 6.92 Å². The van der Waals surface area contributed by atoms with Gasteiger partial charge in [0.1, 0.15) is 11.7 Å². The number of esters is 1. The first-order valence-electron chi connectivity index (χ1n) is 6.63. The summed E-state index contributed by atoms with van der Waals surface area (Å²) in [5.74, 6) is 0.528. The van der Waals surface area contributed by atoms with Crippen LogP contribution in [0.3, 0.4) is 0 Å². The number of aryl methyl sites for hydroxylation is 2. The van der Waals surface area contributed by atoms with E-state index in [4.69, 9.17) is 4.74 Å². The third-order valence-corrected chi connectivity index (χ3v) is 3.32. The van der Waals surface area contributed by atoms with Crippen LogP contribution in [-0.4, -0.2) is 27.3 Å². The molecule has 2 aromatic rings. The number of carbonyl (C=O) groups is 1. The molecule has 0 spiro atoms. The summed E-state index contributed by atoms with van der Waals surface area (Å²) in [6, 6.07) is 7.82. The molecule has 0 saturated heterocycles. The monoisotopic (exact) mass is 273 g/mol. The predicted octanol–water partition coefficient (Wildman–Crippen LogP) is 2.13. The molecule has 0 bridgehead atoms. The number of carbonyl (C=O) groups excluding carboxylic acids is 1. The predicted molar refractivity (Wildman–Crippen MR) is 75.4 cm³/mol. The maximum Gasteiger partial charge on any atom is 0.321 e. The smallest absolute Gasteiger partial charge is 0.321 e. The molecule has 1 heterocycles. The van der Waals surface area contributed by atoms with Crippen LogP contribution >= 0.6 is 0 Å². The first-order chi connectivity index (χ1) is 9.54. The van der Waals surface area contributed by atoms with Gasteiger partial charge in [0, 0.05) is 7.05 Å². The highest BCUT2D eigenvalue weighted by Crippen LogP contribution is 2.25. The van der Waals surface area contributed by atoms with Crippen molar-refractivity contribution < 1.29 is 9.53 Å². The average molecular weight is 273 g/mol. The van der Waals surface area contributed by atoms with Crippen LogP contribution in [-0.2, 0) is 16.6 Å². The molecule has 1 aromatic carbocycles. The van der Waals surface area contributed by atoms with Crippen molar-refractivity contribution in [1.29, 1.82) is 0 Å². The molecule has 0 aliphatic heterocycles. The van der Waals surface area contributed by atoms with Crippen molar-refractivity contribution in [3.8, 4) is 0 Å². The van der Waals surface area contributed by atoms with E-state index in [1.165, 1.54) is 0 Å². The normalized spacial score (nSPS) is 12.2. The molecule has 1 aromatic heterocycles. The van der Waals surface area contributed by atoms with Crippen molar-refractivity contribution in [3.05, 3.63) is 47.0 Å². The fourth-order valence-electron chi connectivity index (χ4n) is 2.05. The molecule has 0 amide bonds. The molecular formula is C15H19N3O2. The summed E-state index contributed by atoms with van der Waals surface area (Å²) in [4.78, 5) is 12.3. The van der Waals surface area contributed by atoms with Gasteiger partial charge in [-0.05, 0) is 26.3 Å². The zero-order valence-corrected chi connectivity index (χ0v) is 12.3. The van der Waals surface area contributed by atoms with Gasteiger partial charge in [0.05, 0.1) is 6.61 Å². The Balaban J connectivity index is 2.47. The van der Waals surface area contributed by atoms with Gasteiger partial charge >= 0.3 is 5.97 Å². The summed E-state index contributed by atoms with van der Waals surface area (Å²) >= 11 is 0. The minimum absolute atomic E-state index is 0.299. The fourth-order valence-corrected chi connectivity index (χ4v) is 2.05. The third-order valence-electron chi connectivity index (χ3n) is 3.32. The van der Waals surface area contributed by atoms with Crippen LogP contribution in [0.1, 0.15) is 35.6 Å². The summed E-state index contributed by atoms with van der Waals surface area (Å²) < 4.78 is 7.01. The number of rotatable bonds is 4. The highest BCUT2D eigenvalue weighted by Gasteiger charge is 2.29. The molecule has 0 saturated carbocycles. The summed E-state index contributed by atoms with van der Waals surface area (Å²) in [5, 5.41) is 8.16. The van der Waals surface area contributed by atoms with Crippen molar-refractivity contribution >= 4 is 5.97 Å². The summed E-state index contributed by atoms with van der Waals surface area (Å²) in [7, 11) is 1.85. The van der Waals surface area contributed by atoms with E-state index in [0.29, 0.717) is 12.4 Å². The minimum atomic E-state index is -0.540. The minimum Gasteiger partial charge on any atom is -0.465 e. The first-order valence-corrected chi connectivity index (χ1v) is 6.63. The van der Waals surface area contributed by atoms with E-state index >= 15 is 0 Å². The summed E-state index contributed by atoms with van der Waals surface area (Å²) in [5.41, 5.74) is 2.01. The van der Waals surface area contributed by atoms with Crippen LogP contribution in [0.2, 0.25) is 0 Å². The lowest BCUT2D eigenvalue weighted by Gasteiger charge is -2.15. The Kier molecular flexibility index (Phi) is 4.17. The molecule has 0 aliphatic rings. The zero-order chi connectivity index (χ0) is 14.7. The fraction of sp³-hybridized carbons (Fsp3) is 0.400. The van der Waals surface area contributed by atoms with Crippen molar-refractivity contribution in [3.63, 3.8) is 0 Å². The molecule has 1 atom stereocenters. The van der Waals surface area contributed by atoms with Crippen LogP contribution in [0.15, 0.2) is 24.3 Å². The Morgan fingerprint density at radius 2 is 1.90 bits per heavy atom. The highest BCUT2D eigenvalue weighted by atomic mass is 16.5. The molecule has 5 heteroatoms. The van der Waals surface area contributed by atoms with E-state index in [1.807, 2.05) is 49.7 Å². The van der Waals surface area contributed by atoms with Gasteiger partial charge in [-0.3, -0.25) is 4.79 Å². The lowest BCUT2D eigenvalue weighted by atomic mass is 9.97. The number of hydrogen-bond acceptors (Lipinski definition) is 4. The van der Waals surface area contributed by atoms with Gasteiger partial charge in [-0.2, -0.15) is 0 Å². The second-order valence-electron chi connectivity index (χ2n) is 4.76. The van der Waals surface area contributed by atoms with Crippen LogP contribution in [0.4, 0.5) is 0 Å². The van der Waals surface area contributed by atoms with Gasteiger partial charge in [-0.25, -0.2) is 0 Å². The van der Waals surface area contributed by atoms with E-state index in [0.717, 1.165) is 17.0 Å². The zero-order valence-electron chi connectivity index (χ0n) is 12.3. The third kappa shape index (κ3) is 2.71. The maximum absolute atomic E-state index is 12.3. The average Bonchev–Trinajstić information content (AvgIpc) is 2.74. The second kappa shape index (κ2) is 5.86. The van der Waals surface area contributed by atoms with E-state index < -0.39 is 5.92 Å². The van der Waals surface area contributed by atoms with Crippen LogP contribution in [0, 0.1) is 13.8 Å². The van der Waals surface area contributed by atoms with Gasteiger partial charge in [0.25, 0.3) is 0 Å². The van der Waals surface area contributed by atoms with E-state index in [9.17, 15) is 4.79 Å². The Hall–Kier alpha value is -2.17. The lowest BCUT2D eigenvalue weighted by molar-refractivity contribution is -0.144. The Bertz CT molecular complexity index is 602. The van der Waals surface area contributed by atoms with Crippen molar-refractivity contribution in [1.82, 2.24) is 14.8 Å². The van der Waals surface area contributed by atoms with Crippen molar-refractivity contribution in [2.24, 2.45) is 7.05 Å². The van der Waals surface area contributed by atoms with Crippen molar-refractivity contribution in [2.45, 2.75) is 26.7 Å². The molecular weight excluding hydrogens is 254 g/mol. The molecule has 0 radical (unpaired) electrons. The number of nitrogens with zero attached hydrogens (tertiary/aromatic N) is 3. The molecule has 1 unspecified atom stereocenters. The topological polar surface area (TPSA) is 57.0 Å². The SMILES string of the molecule is CCOC(=O)C(c1ccc(C)cc1)c1nnc(C)n1C. The number of benzene rings is 1. The van der Waals surface area contributed by atoms with Gasteiger partial charge in [-0.1, -0.05) is 29.8 Å². The Labute approximate surface area is 118 Å². The maximum atomic E-state index is 12.3. The molecule has 2 rings (SSSR count). The standard InChI is InChI=1S/C15H19N3O2/c1-5-20-15(19)13(12-8-6-10(2)7-9-12)14-17-16-11(3)18(14)4/h6-9,13H,5H2,1-4H3. The van der Waals surface area contributed by atoms with Gasteiger partial charge < -0.3 is 9.30 Å². The number of hydrogen-bond donors (Lipinski definition) is 0. The van der Waals surface area contributed by atoms with Crippen LogP contribution in [0.25, 0.3) is 0 Å². The number of aromatic nitrogens is 3. The lowest BCUT2D eigenvalue weighted by Crippen LogP contribution is -2.20. The van der Waals surface area contributed by atoms with E-state index in [2.05, 4.69) is 10.2 Å². The Morgan fingerprint density at radius 1 is 1.25 bits per heavy atom. The highest BCUT2D eigenvalue weighted by molar-refractivity contribution is 5.81. The molecule has 0 N–H and O–H groups in total. The first kappa shape index (κ1) is 14.2.